The van der Waals surface area contributed by atoms with E-state index in [1.807, 2.05) is 31.4 Å². The number of aliphatic hydroxyl groups is 1. The second-order valence-electron chi connectivity index (χ2n) is 5.23. The molecule has 0 spiro atoms. The predicted molar refractivity (Wildman–Crippen MR) is 91.5 cm³/mol. The molecular weight excluding hydrogens is 312 g/mol. The molecule has 3 N–H and O–H groups in total. The van der Waals surface area contributed by atoms with Crippen molar-refractivity contribution in [2.24, 2.45) is 0 Å². The summed E-state index contributed by atoms with van der Waals surface area (Å²) in [5, 5.41) is 18.5. The van der Waals surface area contributed by atoms with Crippen molar-refractivity contribution in [3.05, 3.63) is 51.7 Å². The summed E-state index contributed by atoms with van der Waals surface area (Å²) in [6, 6.07) is 7.31. The molecule has 1 atom stereocenters. The van der Waals surface area contributed by atoms with Crippen LogP contribution >= 0.6 is 11.3 Å². The molecule has 2 amide bonds. The predicted octanol–water partition coefficient (Wildman–Crippen LogP) is 2.41. The first-order valence-corrected chi connectivity index (χ1v) is 8.34. The molecule has 0 saturated heterocycles. The van der Waals surface area contributed by atoms with Crippen molar-refractivity contribution in [2.45, 2.75) is 26.4 Å². The summed E-state index contributed by atoms with van der Waals surface area (Å²) in [7, 11) is 0. The van der Waals surface area contributed by atoms with Crippen LogP contribution in [0.4, 0.5) is 5.69 Å². The van der Waals surface area contributed by atoms with Crippen molar-refractivity contribution in [3.63, 3.8) is 0 Å². The van der Waals surface area contributed by atoms with Crippen molar-refractivity contribution in [2.75, 3.05) is 11.9 Å². The highest BCUT2D eigenvalue weighted by Gasteiger charge is 2.16. The quantitative estimate of drug-likeness (QED) is 0.736. The number of rotatable bonds is 5. The summed E-state index contributed by atoms with van der Waals surface area (Å²) in [6.07, 6.45) is 0.0401. The van der Waals surface area contributed by atoms with Crippen molar-refractivity contribution in [1.29, 1.82) is 0 Å². The van der Waals surface area contributed by atoms with Gasteiger partial charge in [0.05, 0.1) is 6.10 Å². The molecule has 1 heterocycles. The molecular formula is C17H20N2O3S. The minimum absolute atomic E-state index is 0.00288. The molecule has 0 aliphatic rings. The fourth-order valence-electron chi connectivity index (χ4n) is 2.17. The summed E-state index contributed by atoms with van der Waals surface area (Å²) >= 11 is 1.46. The Morgan fingerprint density at radius 2 is 2.04 bits per heavy atom. The number of nitrogens with one attached hydrogen (secondary N) is 2. The zero-order valence-corrected chi connectivity index (χ0v) is 13.9. The van der Waals surface area contributed by atoms with Gasteiger partial charge in [-0.25, -0.2) is 0 Å². The van der Waals surface area contributed by atoms with E-state index in [1.165, 1.54) is 11.3 Å². The molecule has 0 bridgehead atoms. The number of anilines is 1. The molecule has 1 aromatic heterocycles. The minimum atomic E-state index is -0.816. The Balaban J connectivity index is 1.89. The zero-order valence-electron chi connectivity index (χ0n) is 13.1. The molecule has 5 nitrogen and oxygen atoms in total. The van der Waals surface area contributed by atoms with Crippen molar-refractivity contribution >= 4 is 28.8 Å². The van der Waals surface area contributed by atoms with Crippen LogP contribution in [0.3, 0.4) is 0 Å². The number of amides is 2. The molecule has 23 heavy (non-hydrogen) atoms. The smallest absolute Gasteiger partial charge is 0.313 e. The first kappa shape index (κ1) is 17.2. The van der Waals surface area contributed by atoms with Crippen molar-refractivity contribution in [1.82, 2.24) is 5.32 Å². The lowest BCUT2D eigenvalue weighted by Gasteiger charge is -2.11. The van der Waals surface area contributed by atoms with Crippen LogP contribution in [0.5, 0.6) is 0 Å². The van der Waals surface area contributed by atoms with Gasteiger partial charge in [-0.2, -0.15) is 11.3 Å². The number of carbonyl (C=O) groups excluding carboxylic acids is 2. The standard InChI is InChI=1S/C17H20N2O3S/c1-3-12-8-14(5-4-11(12)2)19-17(22)16(21)18-9-15(20)13-6-7-23-10-13/h4-8,10,15,20H,3,9H2,1-2H3,(H,18,21)(H,19,22). The van der Waals surface area contributed by atoms with Crippen LogP contribution in [-0.2, 0) is 16.0 Å². The van der Waals surface area contributed by atoms with Gasteiger partial charge in [-0.3, -0.25) is 9.59 Å². The van der Waals surface area contributed by atoms with Gasteiger partial charge >= 0.3 is 11.8 Å². The second-order valence-corrected chi connectivity index (χ2v) is 6.01. The number of benzene rings is 1. The van der Waals surface area contributed by atoms with Gasteiger partial charge in [0.25, 0.3) is 0 Å². The highest BCUT2D eigenvalue weighted by molar-refractivity contribution is 7.07. The maximum absolute atomic E-state index is 11.9. The van der Waals surface area contributed by atoms with E-state index in [4.69, 9.17) is 0 Å². The topological polar surface area (TPSA) is 78.4 Å². The van der Waals surface area contributed by atoms with E-state index < -0.39 is 17.9 Å². The molecule has 2 rings (SSSR count). The fraction of sp³-hybridized carbons (Fsp3) is 0.294. The van der Waals surface area contributed by atoms with Crippen LogP contribution in [0.1, 0.15) is 29.7 Å². The van der Waals surface area contributed by atoms with E-state index in [1.54, 1.807) is 17.5 Å². The average Bonchev–Trinajstić information content (AvgIpc) is 3.08. The van der Waals surface area contributed by atoms with E-state index in [-0.39, 0.29) is 6.54 Å². The van der Waals surface area contributed by atoms with Crippen molar-refractivity contribution < 1.29 is 14.7 Å². The third-order valence-corrected chi connectivity index (χ3v) is 4.28. The maximum atomic E-state index is 11.9. The Labute approximate surface area is 139 Å². The van der Waals surface area contributed by atoms with E-state index in [9.17, 15) is 14.7 Å². The molecule has 6 heteroatoms. The first-order chi connectivity index (χ1) is 11.0. The van der Waals surface area contributed by atoms with E-state index in [0.717, 1.165) is 23.1 Å². The minimum Gasteiger partial charge on any atom is -0.387 e. The van der Waals surface area contributed by atoms with Gasteiger partial charge in [0.1, 0.15) is 0 Å². The normalized spacial score (nSPS) is 11.8. The van der Waals surface area contributed by atoms with Crippen LogP contribution in [-0.4, -0.2) is 23.5 Å². The number of aryl methyl sites for hydroxylation is 2. The van der Waals surface area contributed by atoms with Gasteiger partial charge in [-0.15, -0.1) is 0 Å². The van der Waals surface area contributed by atoms with Crippen LogP contribution < -0.4 is 10.6 Å². The lowest BCUT2D eigenvalue weighted by atomic mass is 10.1. The largest absolute Gasteiger partial charge is 0.387 e. The molecule has 0 radical (unpaired) electrons. The summed E-state index contributed by atoms with van der Waals surface area (Å²) < 4.78 is 0. The third-order valence-electron chi connectivity index (χ3n) is 3.58. The van der Waals surface area contributed by atoms with Crippen LogP contribution in [0, 0.1) is 6.92 Å². The highest BCUT2D eigenvalue weighted by atomic mass is 32.1. The summed E-state index contributed by atoms with van der Waals surface area (Å²) in [4.78, 5) is 23.7. The van der Waals surface area contributed by atoms with Gasteiger partial charge in [0.2, 0.25) is 0 Å². The average molecular weight is 332 g/mol. The summed E-state index contributed by atoms with van der Waals surface area (Å²) in [6.45, 7) is 4.03. The van der Waals surface area contributed by atoms with Crippen LogP contribution in [0.15, 0.2) is 35.0 Å². The lowest BCUT2D eigenvalue weighted by molar-refractivity contribution is -0.136. The monoisotopic (exact) mass is 332 g/mol. The van der Waals surface area contributed by atoms with Gasteiger partial charge in [-0.05, 0) is 59.0 Å². The second kappa shape index (κ2) is 7.89. The Morgan fingerprint density at radius 3 is 2.70 bits per heavy atom. The van der Waals surface area contributed by atoms with E-state index >= 15 is 0 Å². The number of thiophene rings is 1. The number of hydrogen-bond donors (Lipinski definition) is 3. The molecule has 0 aliphatic carbocycles. The van der Waals surface area contributed by atoms with Crippen LogP contribution in [0.25, 0.3) is 0 Å². The molecule has 1 aromatic carbocycles. The van der Waals surface area contributed by atoms with Gasteiger partial charge < -0.3 is 15.7 Å². The summed E-state index contributed by atoms with van der Waals surface area (Å²) in [5.74, 6) is -1.51. The Bertz CT molecular complexity index is 683. The third kappa shape index (κ3) is 4.64. The van der Waals surface area contributed by atoms with Crippen molar-refractivity contribution in [3.8, 4) is 0 Å². The molecule has 1 unspecified atom stereocenters. The Kier molecular flexibility index (Phi) is 5.90. The molecule has 2 aromatic rings. The number of carbonyl (C=O) groups is 2. The lowest BCUT2D eigenvalue weighted by Crippen LogP contribution is -2.37. The Hall–Kier alpha value is -2.18. The van der Waals surface area contributed by atoms with E-state index in [0.29, 0.717) is 5.69 Å². The zero-order chi connectivity index (χ0) is 16.8. The fourth-order valence-corrected chi connectivity index (χ4v) is 2.88. The molecule has 0 saturated carbocycles. The maximum Gasteiger partial charge on any atom is 0.313 e. The van der Waals surface area contributed by atoms with Gasteiger partial charge in [-0.1, -0.05) is 13.0 Å². The first-order valence-electron chi connectivity index (χ1n) is 7.40. The van der Waals surface area contributed by atoms with Crippen LogP contribution in [0.2, 0.25) is 0 Å². The van der Waals surface area contributed by atoms with Gasteiger partial charge in [0, 0.05) is 12.2 Å². The van der Waals surface area contributed by atoms with E-state index in [2.05, 4.69) is 10.6 Å². The highest BCUT2D eigenvalue weighted by Crippen LogP contribution is 2.16. The number of aliphatic hydroxyl groups excluding tert-OH is 1. The molecule has 122 valence electrons. The number of hydrogen-bond acceptors (Lipinski definition) is 4. The summed E-state index contributed by atoms with van der Waals surface area (Å²) in [5.41, 5.74) is 3.58. The molecule has 0 fully saturated rings. The SMILES string of the molecule is CCc1cc(NC(=O)C(=O)NCC(O)c2ccsc2)ccc1C. The Morgan fingerprint density at radius 1 is 1.26 bits per heavy atom. The van der Waals surface area contributed by atoms with Gasteiger partial charge in [0.15, 0.2) is 0 Å². The molecule has 0 aliphatic heterocycles.